The van der Waals surface area contributed by atoms with E-state index in [2.05, 4.69) is 15.4 Å². The van der Waals surface area contributed by atoms with Crippen molar-refractivity contribution in [2.75, 3.05) is 5.32 Å². The third kappa shape index (κ3) is 3.77. The van der Waals surface area contributed by atoms with E-state index in [4.69, 9.17) is 11.6 Å². The molecule has 1 aromatic heterocycles. The molecule has 0 aliphatic rings. The van der Waals surface area contributed by atoms with Gasteiger partial charge in [0.1, 0.15) is 6.54 Å². The van der Waals surface area contributed by atoms with Gasteiger partial charge in [-0.25, -0.2) is 9.48 Å². The van der Waals surface area contributed by atoms with E-state index in [9.17, 15) is 9.59 Å². The summed E-state index contributed by atoms with van der Waals surface area (Å²) in [6.45, 7) is -0.226. The van der Waals surface area contributed by atoms with Gasteiger partial charge < -0.3 is 5.32 Å². The summed E-state index contributed by atoms with van der Waals surface area (Å²) in [7, 11) is 0. The number of carbonyl (C=O) groups is 1. The molecule has 0 aliphatic carbocycles. The van der Waals surface area contributed by atoms with Gasteiger partial charge in [-0.15, -0.1) is 0 Å². The number of hydrogen-bond donors (Lipinski definition) is 1. The van der Waals surface area contributed by atoms with Crippen LogP contribution in [0, 0.1) is 0 Å². The third-order valence-electron chi connectivity index (χ3n) is 4.25. The standard InChI is InChI=1S/C21H15ClN4O2/c22-16-10-8-15(9-11-16)19-12-23-26(21(28)25-19)13-20(27)24-18-7-3-5-14-4-1-2-6-17(14)18/h1-12H,13H2,(H,24,27). The number of anilines is 1. The fourth-order valence-corrected chi connectivity index (χ4v) is 3.02. The zero-order valence-corrected chi connectivity index (χ0v) is 15.4. The van der Waals surface area contributed by atoms with Crippen LogP contribution in [0.4, 0.5) is 5.69 Å². The maximum absolute atomic E-state index is 12.4. The van der Waals surface area contributed by atoms with E-state index in [1.807, 2.05) is 42.5 Å². The van der Waals surface area contributed by atoms with Gasteiger partial charge in [-0.05, 0) is 23.6 Å². The van der Waals surface area contributed by atoms with Crippen LogP contribution >= 0.6 is 11.6 Å². The van der Waals surface area contributed by atoms with Gasteiger partial charge in [0.05, 0.1) is 11.9 Å². The second-order valence-electron chi connectivity index (χ2n) is 6.16. The van der Waals surface area contributed by atoms with Crippen molar-refractivity contribution in [1.82, 2.24) is 14.8 Å². The molecule has 138 valence electrons. The lowest BCUT2D eigenvalue weighted by Crippen LogP contribution is -2.31. The van der Waals surface area contributed by atoms with Crippen molar-refractivity contribution in [3.05, 3.63) is 88.4 Å². The molecule has 6 nitrogen and oxygen atoms in total. The Bertz CT molecular complexity index is 1210. The Morgan fingerprint density at radius 2 is 1.75 bits per heavy atom. The minimum atomic E-state index is -0.597. The van der Waals surface area contributed by atoms with Gasteiger partial charge >= 0.3 is 5.69 Å². The minimum Gasteiger partial charge on any atom is -0.324 e. The number of aromatic nitrogens is 3. The Hall–Kier alpha value is -3.51. The molecule has 0 atom stereocenters. The van der Waals surface area contributed by atoms with E-state index in [0.717, 1.165) is 21.0 Å². The van der Waals surface area contributed by atoms with Crippen molar-refractivity contribution in [3.8, 4) is 11.3 Å². The smallest absolute Gasteiger partial charge is 0.324 e. The summed E-state index contributed by atoms with van der Waals surface area (Å²) in [5.41, 5.74) is 1.23. The van der Waals surface area contributed by atoms with E-state index in [1.165, 1.54) is 6.20 Å². The fourth-order valence-electron chi connectivity index (χ4n) is 2.89. The Labute approximate surface area is 165 Å². The first-order valence-electron chi connectivity index (χ1n) is 8.58. The zero-order chi connectivity index (χ0) is 19.5. The largest absolute Gasteiger partial charge is 0.365 e. The molecular formula is C21H15ClN4O2. The normalized spacial score (nSPS) is 10.8. The summed E-state index contributed by atoms with van der Waals surface area (Å²) in [5, 5.41) is 9.44. The summed E-state index contributed by atoms with van der Waals surface area (Å²) in [5.74, 6) is -0.355. The fraction of sp³-hybridized carbons (Fsp3) is 0.0476. The lowest BCUT2D eigenvalue weighted by atomic mass is 10.1. The SMILES string of the molecule is O=C(Cn1ncc(-c2ccc(Cl)cc2)nc1=O)Nc1cccc2ccccc12. The molecule has 0 bridgehead atoms. The first kappa shape index (κ1) is 17.9. The van der Waals surface area contributed by atoms with E-state index in [0.29, 0.717) is 16.4 Å². The zero-order valence-electron chi connectivity index (χ0n) is 14.7. The van der Waals surface area contributed by atoms with Crippen LogP contribution in [0.25, 0.3) is 22.0 Å². The van der Waals surface area contributed by atoms with Crippen LogP contribution in [-0.2, 0) is 11.3 Å². The Morgan fingerprint density at radius 3 is 2.54 bits per heavy atom. The molecule has 0 fully saturated rings. The van der Waals surface area contributed by atoms with Crippen molar-refractivity contribution in [2.45, 2.75) is 6.54 Å². The molecule has 1 N–H and O–H groups in total. The van der Waals surface area contributed by atoms with Crippen LogP contribution in [0.15, 0.2) is 77.7 Å². The van der Waals surface area contributed by atoms with E-state index < -0.39 is 5.69 Å². The number of amides is 1. The number of halogens is 1. The van der Waals surface area contributed by atoms with E-state index in [-0.39, 0.29) is 12.5 Å². The van der Waals surface area contributed by atoms with Crippen LogP contribution in [0.3, 0.4) is 0 Å². The highest BCUT2D eigenvalue weighted by atomic mass is 35.5. The number of nitrogens with one attached hydrogen (secondary N) is 1. The highest BCUT2D eigenvalue weighted by Crippen LogP contribution is 2.23. The number of benzene rings is 3. The molecule has 4 rings (SSSR count). The highest BCUT2D eigenvalue weighted by molar-refractivity contribution is 6.30. The maximum atomic E-state index is 12.4. The molecule has 28 heavy (non-hydrogen) atoms. The predicted octanol–water partition coefficient (Wildman–Crippen LogP) is 3.75. The number of rotatable bonds is 4. The van der Waals surface area contributed by atoms with E-state index >= 15 is 0 Å². The molecule has 0 radical (unpaired) electrons. The summed E-state index contributed by atoms with van der Waals surface area (Å²) >= 11 is 5.87. The van der Waals surface area contributed by atoms with Crippen molar-refractivity contribution < 1.29 is 4.79 Å². The number of nitrogens with zero attached hydrogens (tertiary/aromatic N) is 3. The molecule has 0 aliphatic heterocycles. The lowest BCUT2D eigenvalue weighted by Gasteiger charge is -2.09. The second kappa shape index (κ2) is 7.62. The van der Waals surface area contributed by atoms with Crippen LogP contribution < -0.4 is 11.0 Å². The minimum absolute atomic E-state index is 0.226. The average molecular weight is 391 g/mol. The molecule has 3 aromatic carbocycles. The van der Waals surface area contributed by atoms with Gasteiger partial charge in [0.15, 0.2) is 0 Å². The van der Waals surface area contributed by atoms with Crippen LogP contribution in [0.1, 0.15) is 0 Å². The van der Waals surface area contributed by atoms with Gasteiger partial charge in [-0.3, -0.25) is 4.79 Å². The van der Waals surface area contributed by atoms with Crippen LogP contribution in [0.5, 0.6) is 0 Å². The molecule has 1 amide bonds. The maximum Gasteiger partial charge on any atom is 0.365 e. The summed E-state index contributed by atoms with van der Waals surface area (Å²) in [6, 6.07) is 20.3. The van der Waals surface area contributed by atoms with Crippen molar-refractivity contribution >= 4 is 34.0 Å². The molecule has 0 spiro atoms. The summed E-state index contributed by atoms with van der Waals surface area (Å²) < 4.78 is 1.03. The predicted molar refractivity (Wildman–Crippen MR) is 109 cm³/mol. The molecule has 7 heteroatoms. The average Bonchev–Trinajstić information content (AvgIpc) is 2.70. The van der Waals surface area contributed by atoms with Gasteiger partial charge in [-0.1, -0.05) is 60.1 Å². The van der Waals surface area contributed by atoms with Crippen LogP contribution in [-0.4, -0.2) is 20.7 Å². The lowest BCUT2D eigenvalue weighted by molar-refractivity contribution is -0.117. The second-order valence-corrected chi connectivity index (χ2v) is 6.60. The summed E-state index contributed by atoms with van der Waals surface area (Å²) in [6.07, 6.45) is 1.45. The molecule has 0 saturated heterocycles. The Morgan fingerprint density at radius 1 is 1.00 bits per heavy atom. The quantitative estimate of drug-likeness (QED) is 0.575. The number of hydrogen-bond acceptors (Lipinski definition) is 4. The van der Waals surface area contributed by atoms with Gasteiger partial charge in [0.2, 0.25) is 5.91 Å². The highest BCUT2D eigenvalue weighted by Gasteiger charge is 2.10. The third-order valence-corrected chi connectivity index (χ3v) is 4.51. The van der Waals surface area contributed by atoms with Gasteiger partial charge in [0, 0.05) is 21.7 Å². The van der Waals surface area contributed by atoms with Gasteiger partial charge in [-0.2, -0.15) is 10.1 Å². The molecule has 1 heterocycles. The monoisotopic (exact) mass is 390 g/mol. The van der Waals surface area contributed by atoms with Crippen LogP contribution in [0.2, 0.25) is 5.02 Å². The molecule has 0 unspecified atom stereocenters. The first-order chi connectivity index (χ1) is 13.6. The number of carbonyl (C=O) groups excluding carboxylic acids is 1. The Balaban J connectivity index is 1.53. The molecule has 4 aromatic rings. The van der Waals surface area contributed by atoms with E-state index in [1.54, 1.807) is 24.3 Å². The molecule has 0 saturated carbocycles. The Kier molecular flexibility index (Phi) is 4.87. The van der Waals surface area contributed by atoms with Gasteiger partial charge in [0.25, 0.3) is 0 Å². The van der Waals surface area contributed by atoms with Crippen molar-refractivity contribution in [3.63, 3.8) is 0 Å². The van der Waals surface area contributed by atoms with Crippen molar-refractivity contribution in [1.29, 1.82) is 0 Å². The molecular weight excluding hydrogens is 376 g/mol. The topological polar surface area (TPSA) is 76.9 Å². The summed E-state index contributed by atoms with van der Waals surface area (Å²) in [4.78, 5) is 28.7. The van der Waals surface area contributed by atoms with Crippen molar-refractivity contribution in [2.24, 2.45) is 0 Å². The first-order valence-corrected chi connectivity index (χ1v) is 8.96. The number of fused-ring (bicyclic) bond motifs is 1.